The SMILES string of the molecule is NS(=O)(=O)c1ccc(Cl)c(NC(=O)c2cccs2)c1. The molecule has 0 unspecified atom stereocenters. The van der Waals surface area contributed by atoms with E-state index in [1.165, 1.54) is 29.5 Å². The largest absolute Gasteiger partial charge is 0.320 e. The Labute approximate surface area is 119 Å². The maximum Gasteiger partial charge on any atom is 0.265 e. The molecule has 100 valence electrons. The van der Waals surface area contributed by atoms with Crippen molar-refractivity contribution in [3.8, 4) is 0 Å². The first-order valence-electron chi connectivity index (χ1n) is 5.05. The van der Waals surface area contributed by atoms with Crippen LogP contribution in [0.2, 0.25) is 5.02 Å². The normalized spacial score (nSPS) is 11.3. The molecule has 5 nitrogen and oxygen atoms in total. The van der Waals surface area contributed by atoms with Crippen molar-refractivity contribution in [2.75, 3.05) is 5.32 Å². The predicted molar refractivity (Wildman–Crippen MR) is 75.1 cm³/mol. The number of halogens is 1. The number of amides is 1. The van der Waals surface area contributed by atoms with Gasteiger partial charge in [0, 0.05) is 0 Å². The van der Waals surface area contributed by atoms with E-state index in [0.29, 0.717) is 4.88 Å². The average Bonchev–Trinajstić information content (AvgIpc) is 2.84. The fraction of sp³-hybridized carbons (Fsp3) is 0. The van der Waals surface area contributed by atoms with E-state index < -0.39 is 10.0 Å². The van der Waals surface area contributed by atoms with E-state index >= 15 is 0 Å². The van der Waals surface area contributed by atoms with Gasteiger partial charge in [0.1, 0.15) is 0 Å². The van der Waals surface area contributed by atoms with Gasteiger partial charge in [-0.2, -0.15) is 0 Å². The molecule has 0 aliphatic heterocycles. The molecule has 1 aromatic heterocycles. The third kappa shape index (κ3) is 3.32. The molecule has 0 saturated heterocycles. The highest BCUT2D eigenvalue weighted by Crippen LogP contribution is 2.25. The van der Waals surface area contributed by atoms with E-state index in [0.717, 1.165) is 0 Å². The highest BCUT2D eigenvalue weighted by atomic mass is 35.5. The standard InChI is InChI=1S/C11H9ClN2O3S2/c12-8-4-3-7(19(13,16)17)6-9(8)14-11(15)10-2-1-5-18-10/h1-6H,(H,14,15)(H2,13,16,17). The molecule has 8 heteroatoms. The van der Waals surface area contributed by atoms with E-state index in [4.69, 9.17) is 16.7 Å². The highest BCUT2D eigenvalue weighted by Gasteiger charge is 2.13. The summed E-state index contributed by atoms with van der Waals surface area (Å²) >= 11 is 7.17. The van der Waals surface area contributed by atoms with Gasteiger partial charge < -0.3 is 5.32 Å². The van der Waals surface area contributed by atoms with Gasteiger partial charge in [-0.1, -0.05) is 17.7 Å². The zero-order chi connectivity index (χ0) is 14.0. The molecule has 1 heterocycles. The van der Waals surface area contributed by atoms with Crippen molar-refractivity contribution in [3.05, 3.63) is 45.6 Å². The van der Waals surface area contributed by atoms with Gasteiger partial charge in [-0.3, -0.25) is 4.79 Å². The molecule has 0 saturated carbocycles. The number of primary sulfonamides is 1. The summed E-state index contributed by atoms with van der Waals surface area (Å²) < 4.78 is 22.5. The highest BCUT2D eigenvalue weighted by molar-refractivity contribution is 7.89. The summed E-state index contributed by atoms with van der Waals surface area (Å²) in [6, 6.07) is 7.26. The monoisotopic (exact) mass is 316 g/mol. The minimum atomic E-state index is -3.84. The Balaban J connectivity index is 2.32. The van der Waals surface area contributed by atoms with E-state index in [1.54, 1.807) is 17.5 Å². The van der Waals surface area contributed by atoms with Gasteiger partial charge in [-0.15, -0.1) is 11.3 Å². The van der Waals surface area contributed by atoms with E-state index in [1.807, 2.05) is 0 Å². The first-order valence-corrected chi connectivity index (χ1v) is 7.85. The lowest BCUT2D eigenvalue weighted by Gasteiger charge is -2.07. The van der Waals surface area contributed by atoms with Crippen LogP contribution in [0.3, 0.4) is 0 Å². The lowest BCUT2D eigenvalue weighted by Crippen LogP contribution is -2.14. The van der Waals surface area contributed by atoms with Crippen LogP contribution in [0.1, 0.15) is 9.67 Å². The molecule has 3 N–H and O–H groups in total. The van der Waals surface area contributed by atoms with Gasteiger partial charge >= 0.3 is 0 Å². The molecule has 0 atom stereocenters. The quantitative estimate of drug-likeness (QED) is 0.910. The third-order valence-electron chi connectivity index (χ3n) is 2.26. The van der Waals surface area contributed by atoms with Crippen LogP contribution in [-0.4, -0.2) is 14.3 Å². The second-order valence-electron chi connectivity index (χ2n) is 3.62. The smallest absolute Gasteiger partial charge is 0.265 e. The Morgan fingerprint density at radius 3 is 2.63 bits per heavy atom. The molecule has 2 aromatic rings. The number of sulfonamides is 1. The van der Waals surface area contributed by atoms with Gasteiger partial charge in [-0.25, -0.2) is 13.6 Å². The average molecular weight is 317 g/mol. The molecule has 1 aromatic carbocycles. The molecule has 0 fully saturated rings. The molecule has 0 spiro atoms. The zero-order valence-electron chi connectivity index (χ0n) is 9.46. The Bertz CT molecular complexity index is 712. The Morgan fingerprint density at radius 1 is 1.32 bits per heavy atom. The number of benzene rings is 1. The maximum atomic E-state index is 11.8. The van der Waals surface area contributed by atoms with Crippen LogP contribution in [0.5, 0.6) is 0 Å². The van der Waals surface area contributed by atoms with Crippen LogP contribution in [-0.2, 0) is 10.0 Å². The number of carbonyl (C=O) groups excluding carboxylic acids is 1. The number of thiophene rings is 1. The Kier molecular flexibility index (Phi) is 3.91. The van der Waals surface area contributed by atoms with Crippen molar-refractivity contribution in [3.63, 3.8) is 0 Å². The van der Waals surface area contributed by atoms with E-state index in [9.17, 15) is 13.2 Å². The van der Waals surface area contributed by atoms with Crippen molar-refractivity contribution in [2.24, 2.45) is 5.14 Å². The van der Waals surface area contributed by atoms with Crippen molar-refractivity contribution in [2.45, 2.75) is 4.90 Å². The molecule has 0 aliphatic rings. The first kappa shape index (κ1) is 14.0. The van der Waals surface area contributed by atoms with Gasteiger partial charge in [0.2, 0.25) is 10.0 Å². The van der Waals surface area contributed by atoms with Gasteiger partial charge in [0.25, 0.3) is 5.91 Å². The molecule has 2 rings (SSSR count). The van der Waals surface area contributed by atoms with Crippen LogP contribution in [0, 0.1) is 0 Å². The van der Waals surface area contributed by atoms with Crippen LogP contribution in [0.4, 0.5) is 5.69 Å². The number of rotatable bonds is 3. The fourth-order valence-electron chi connectivity index (χ4n) is 1.37. The Morgan fingerprint density at radius 2 is 2.05 bits per heavy atom. The maximum absolute atomic E-state index is 11.8. The molecule has 19 heavy (non-hydrogen) atoms. The van der Waals surface area contributed by atoms with Gasteiger partial charge in [0.05, 0.1) is 20.5 Å². The van der Waals surface area contributed by atoms with Crippen LogP contribution in [0.15, 0.2) is 40.6 Å². The summed E-state index contributed by atoms with van der Waals surface area (Å²) in [5.41, 5.74) is 0.201. The second-order valence-corrected chi connectivity index (χ2v) is 6.53. The summed E-state index contributed by atoms with van der Waals surface area (Å²) in [5.74, 6) is -0.358. The van der Waals surface area contributed by atoms with E-state index in [-0.39, 0.29) is 21.5 Å². The van der Waals surface area contributed by atoms with Crippen molar-refractivity contribution in [1.82, 2.24) is 0 Å². The minimum absolute atomic E-state index is 0.113. The molecule has 0 aliphatic carbocycles. The molecule has 1 amide bonds. The van der Waals surface area contributed by atoms with Crippen molar-refractivity contribution >= 4 is 44.6 Å². The number of nitrogens with one attached hydrogen (secondary N) is 1. The number of hydrogen-bond acceptors (Lipinski definition) is 4. The summed E-state index contributed by atoms with van der Waals surface area (Å²) in [5, 5.41) is 9.56. The summed E-state index contributed by atoms with van der Waals surface area (Å²) in [7, 11) is -3.84. The van der Waals surface area contributed by atoms with Crippen LogP contribution < -0.4 is 10.5 Å². The van der Waals surface area contributed by atoms with Crippen molar-refractivity contribution in [1.29, 1.82) is 0 Å². The lowest BCUT2D eigenvalue weighted by atomic mass is 10.3. The zero-order valence-corrected chi connectivity index (χ0v) is 11.8. The van der Waals surface area contributed by atoms with E-state index in [2.05, 4.69) is 5.32 Å². The molecule has 0 radical (unpaired) electrons. The van der Waals surface area contributed by atoms with Gasteiger partial charge in [-0.05, 0) is 29.6 Å². The first-order chi connectivity index (χ1) is 8.88. The number of nitrogens with two attached hydrogens (primary N) is 1. The summed E-state index contributed by atoms with van der Waals surface area (Å²) in [4.78, 5) is 12.2. The second kappa shape index (κ2) is 5.30. The number of anilines is 1. The lowest BCUT2D eigenvalue weighted by molar-refractivity contribution is 0.103. The Hall–Kier alpha value is -1.41. The predicted octanol–water partition coefficient (Wildman–Crippen LogP) is 2.30. The topological polar surface area (TPSA) is 89.3 Å². The van der Waals surface area contributed by atoms with Crippen LogP contribution in [0.25, 0.3) is 0 Å². The summed E-state index contributed by atoms with van der Waals surface area (Å²) in [6.45, 7) is 0. The fourth-order valence-corrected chi connectivity index (χ4v) is 2.69. The number of hydrogen-bond donors (Lipinski definition) is 2. The molecule has 0 bridgehead atoms. The number of carbonyl (C=O) groups is 1. The third-order valence-corrected chi connectivity index (χ3v) is 4.37. The summed E-state index contributed by atoms with van der Waals surface area (Å²) in [6.07, 6.45) is 0. The van der Waals surface area contributed by atoms with Crippen molar-refractivity contribution < 1.29 is 13.2 Å². The minimum Gasteiger partial charge on any atom is -0.320 e. The molecular formula is C11H9ClN2O3S2. The molecular weight excluding hydrogens is 308 g/mol. The van der Waals surface area contributed by atoms with Crippen LogP contribution >= 0.6 is 22.9 Å². The van der Waals surface area contributed by atoms with Gasteiger partial charge in [0.15, 0.2) is 0 Å².